The molecule has 1 nitrogen and oxygen atoms in total. The quantitative estimate of drug-likeness (QED) is 0.644. The van der Waals surface area contributed by atoms with Crippen LogP contribution in [-0.4, -0.2) is 12.6 Å². The number of hydrogen-bond acceptors (Lipinski definition) is 1. The van der Waals surface area contributed by atoms with E-state index in [2.05, 4.69) is 26.1 Å². The van der Waals surface area contributed by atoms with Gasteiger partial charge in [0.15, 0.2) is 0 Å². The molecule has 0 aromatic heterocycles. The third kappa shape index (κ3) is 2.78. The van der Waals surface area contributed by atoms with Crippen LogP contribution >= 0.6 is 0 Å². The van der Waals surface area contributed by atoms with E-state index in [1.165, 1.54) is 38.6 Å². The zero-order valence-electron chi connectivity index (χ0n) is 8.82. The van der Waals surface area contributed by atoms with Gasteiger partial charge in [-0.05, 0) is 38.0 Å². The minimum Gasteiger partial charge on any atom is -0.314 e. The molecule has 0 spiro atoms. The van der Waals surface area contributed by atoms with E-state index in [1.54, 1.807) is 0 Å². The molecule has 72 valence electrons. The first-order valence-electron chi connectivity index (χ1n) is 5.46. The summed E-state index contributed by atoms with van der Waals surface area (Å²) in [5.41, 5.74) is 0.720. The Morgan fingerprint density at radius 2 is 2.00 bits per heavy atom. The topological polar surface area (TPSA) is 12.0 Å². The van der Waals surface area contributed by atoms with Crippen molar-refractivity contribution >= 4 is 0 Å². The zero-order chi connectivity index (χ0) is 9.03. The van der Waals surface area contributed by atoms with Crippen LogP contribution in [0.3, 0.4) is 0 Å². The van der Waals surface area contributed by atoms with Crippen molar-refractivity contribution in [2.75, 3.05) is 6.54 Å². The second kappa shape index (κ2) is 4.27. The Kier molecular flexibility index (Phi) is 3.57. The third-order valence-corrected chi connectivity index (χ3v) is 3.18. The zero-order valence-corrected chi connectivity index (χ0v) is 8.82. The number of hydrogen-bond donors (Lipinski definition) is 1. The van der Waals surface area contributed by atoms with E-state index in [-0.39, 0.29) is 0 Å². The Balaban J connectivity index is 2.13. The van der Waals surface area contributed by atoms with Crippen molar-refractivity contribution in [3.63, 3.8) is 0 Å². The van der Waals surface area contributed by atoms with Crippen LogP contribution in [0.25, 0.3) is 0 Å². The van der Waals surface area contributed by atoms with Crippen molar-refractivity contribution in [2.45, 2.75) is 58.9 Å². The molecule has 1 saturated carbocycles. The Labute approximate surface area is 76.9 Å². The lowest BCUT2D eigenvalue weighted by Crippen LogP contribution is -2.31. The van der Waals surface area contributed by atoms with Gasteiger partial charge in [-0.1, -0.05) is 20.3 Å². The molecule has 1 unspecified atom stereocenters. The lowest BCUT2D eigenvalue weighted by atomic mass is 10.0. The highest BCUT2D eigenvalue weighted by molar-refractivity contribution is 4.94. The Morgan fingerprint density at radius 3 is 2.42 bits per heavy atom. The van der Waals surface area contributed by atoms with E-state index in [1.807, 2.05) is 0 Å². The van der Waals surface area contributed by atoms with Crippen LogP contribution in [0.2, 0.25) is 0 Å². The Hall–Kier alpha value is -0.0400. The second-order valence-corrected chi connectivity index (χ2v) is 4.44. The van der Waals surface area contributed by atoms with Gasteiger partial charge < -0.3 is 5.32 Å². The predicted molar refractivity (Wildman–Crippen MR) is 54.3 cm³/mol. The number of rotatable bonds is 6. The van der Waals surface area contributed by atoms with Crippen molar-refractivity contribution in [3.8, 4) is 0 Å². The van der Waals surface area contributed by atoms with Gasteiger partial charge in [-0.15, -0.1) is 0 Å². The Bertz CT molecular complexity index is 127. The van der Waals surface area contributed by atoms with Gasteiger partial charge in [0, 0.05) is 12.6 Å². The van der Waals surface area contributed by atoms with Crippen LogP contribution in [-0.2, 0) is 0 Å². The summed E-state index contributed by atoms with van der Waals surface area (Å²) in [5.74, 6) is 0. The Morgan fingerprint density at radius 1 is 1.33 bits per heavy atom. The van der Waals surface area contributed by atoms with E-state index < -0.39 is 0 Å². The molecule has 0 amide bonds. The summed E-state index contributed by atoms with van der Waals surface area (Å²) < 4.78 is 0. The van der Waals surface area contributed by atoms with Gasteiger partial charge in [0.1, 0.15) is 0 Å². The van der Waals surface area contributed by atoms with Crippen LogP contribution in [0.15, 0.2) is 0 Å². The summed E-state index contributed by atoms with van der Waals surface area (Å²) in [6.07, 6.45) is 6.95. The molecule has 1 N–H and O–H groups in total. The molecule has 1 rings (SSSR count). The van der Waals surface area contributed by atoms with Crippen molar-refractivity contribution in [1.82, 2.24) is 5.32 Å². The molecule has 1 atom stereocenters. The SMILES string of the molecule is CCCC1(CNC(C)CC)CC1. The maximum atomic E-state index is 3.62. The van der Waals surface area contributed by atoms with E-state index in [4.69, 9.17) is 0 Å². The monoisotopic (exact) mass is 169 g/mol. The maximum Gasteiger partial charge on any atom is 0.00363 e. The van der Waals surface area contributed by atoms with Crippen LogP contribution in [0.5, 0.6) is 0 Å². The van der Waals surface area contributed by atoms with Gasteiger partial charge in [-0.25, -0.2) is 0 Å². The van der Waals surface area contributed by atoms with Crippen molar-refractivity contribution < 1.29 is 0 Å². The van der Waals surface area contributed by atoms with Crippen LogP contribution in [0.1, 0.15) is 52.9 Å². The molecule has 0 saturated heterocycles. The number of nitrogens with one attached hydrogen (secondary N) is 1. The average molecular weight is 169 g/mol. The second-order valence-electron chi connectivity index (χ2n) is 4.44. The normalized spacial score (nSPS) is 22.2. The molecule has 0 aromatic carbocycles. The van der Waals surface area contributed by atoms with Gasteiger partial charge in [0.25, 0.3) is 0 Å². The molecule has 0 aromatic rings. The largest absolute Gasteiger partial charge is 0.314 e. The lowest BCUT2D eigenvalue weighted by Gasteiger charge is -2.18. The molecule has 0 aliphatic heterocycles. The molecule has 0 heterocycles. The highest BCUT2D eigenvalue weighted by Gasteiger charge is 2.40. The van der Waals surface area contributed by atoms with Gasteiger partial charge >= 0.3 is 0 Å². The molecular formula is C11H23N. The molecule has 0 bridgehead atoms. The van der Waals surface area contributed by atoms with Crippen molar-refractivity contribution in [1.29, 1.82) is 0 Å². The molecule has 1 fully saturated rings. The minimum absolute atomic E-state index is 0.708. The summed E-state index contributed by atoms with van der Waals surface area (Å²) in [5, 5.41) is 3.62. The highest BCUT2D eigenvalue weighted by Crippen LogP contribution is 2.48. The van der Waals surface area contributed by atoms with E-state index in [9.17, 15) is 0 Å². The van der Waals surface area contributed by atoms with Gasteiger partial charge in [-0.3, -0.25) is 0 Å². The molecular weight excluding hydrogens is 146 g/mol. The summed E-state index contributed by atoms with van der Waals surface area (Å²) >= 11 is 0. The maximum absolute atomic E-state index is 3.62. The van der Waals surface area contributed by atoms with Crippen LogP contribution < -0.4 is 5.32 Å². The highest BCUT2D eigenvalue weighted by atomic mass is 14.9. The fraction of sp³-hybridized carbons (Fsp3) is 1.00. The molecule has 0 radical (unpaired) electrons. The summed E-state index contributed by atoms with van der Waals surface area (Å²) in [6, 6.07) is 0.708. The summed E-state index contributed by atoms with van der Waals surface area (Å²) in [6.45, 7) is 8.08. The van der Waals surface area contributed by atoms with E-state index >= 15 is 0 Å². The van der Waals surface area contributed by atoms with Gasteiger partial charge in [0.05, 0.1) is 0 Å². The lowest BCUT2D eigenvalue weighted by molar-refractivity contribution is 0.390. The van der Waals surface area contributed by atoms with Crippen LogP contribution in [0.4, 0.5) is 0 Å². The smallest absolute Gasteiger partial charge is 0.00363 e. The van der Waals surface area contributed by atoms with E-state index in [0.29, 0.717) is 6.04 Å². The molecule has 1 aliphatic rings. The minimum atomic E-state index is 0.708. The molecule has 1 aliphatic carbocycles. The van der Waals surface area contributed by atoms with E-state index in [0.717, 1.165) is 5.41 Å². The van der Waals surface area contributed by atoms with Crippen LogP contribution in [0, 0.1) is 5.41 Å². The predicted octanol–water partition coefficient (Wildman–Crippen LogP) is 2.95. The van der Waals surface area contributed by atoms with Crippen molar-refractivity contribution in [2.24, 2.45) is 5.41 Å². The first kappa shape index (κ1) is 10.0. The van der Waals surface area contributed by atoms with Gasteiger partial charge in [-0.2, -0.15) is 0 Å². The van der Waals surface area contributed by atoms with Crippen molar-refractivity contribution in [3.05, 3.63) is 0 Å². The molecule has 1 heteroatoms. The third-order valence-electron chi connectivity index (χ3n) is 3.18. The summed E-state index contributed by atoms with van der Waals surface area (Å²) in [7, 11) is 0. The first-order chi connectivity index (χ1) is 5.72. The fourth-order valence-electron chi connectivity index (χ4n) is 1.76. The average Bonchev–Trinajstić information content (AvgIpc) is 2.82. The molecule has 12 heavy (non-hydrogen) atoms. The fourth-order valence-corrected chi connectivity index (χ4v) is 1.76. The van der Waals surface area contributed by atoms with Gasteiger partial charge in [0.2, 0.25) is 0 Å². The summed E-state index contributed by atoms with van der Waals surface area (Å²) in [4.78, 5) is 0. The standard InChI is InChI=1S/C11H23N/c1-4-6-11(7-8-11)9-12-10(3)5-2/h10,12H,4-9H2,1-3H3. The first-order valence-corrected chi connectivity index (χ1v) is 5.46.